The minimum atomic E-state index is -0.511. The third-order valence-electron chi connectivity index (χ3n) is 9.60. The molecule has 0 aromatic carbocycles. The van der Waals surface area contributed by atoms with Crippen LogP contribution >= 0.6 is 0 Å². The molecule has 0 saturated carbocycles. The van der Waals surface area contributed by atoms with E-state index in [0.29, 0.717) is 12.8 Å². The topological polar surface area (TPSA) is 37.4 Å². The fourth-order valence-corrected chi connectivity index (χ4v) is 6.47. The van der Waals surface area contributed by atoms with E-state index >= 15 is 0 Å². The number of nitrogens with zero attached hydrogens (tertiary/aromatic N) is 1. The van der Waals surface area contributed by atoms with E-state index in [9.17, 15) is 9.59 Å². The first-order valence-electron chi connectivity index (χ1n) is 19.8. The van der Waals surface area contributed by atoms with Crippen molar-refractivity contribution >= 4 is 11.6 Å². The summed E-state index contributed by atoms with van der Waals surface area (Å²) >= 11 is 0. The molecule has 3 heteroatoms. The fourth-order valence-electron chi connectivity index (χ4n) is 6.47. The molecular weight excluding hydrogens is 526 g/mol. The Bertz CT molecular complexity index is 543. The van der Waals surface area contributed by atoms with Crippen LogP contribution in [0.2, 0.25) is 0 Å². The summed E-state index contributed by atoms with van der Waals surface area (Å²) in [5, 5.41) is 0. The van der Waals surface area contributed by atoms with Gasteiger partial charge in [-0.3, -0.25) is 14.5 Å². The van der Waals surface area contributed by atoms with Crippen molar-refractivity contribution in [1.29, 1.82) is 0 Å². The average Bonchev–Trinajstić information content (AvgIpc) is 3.01. The van der Waals surface area contributed by atoms with Crippen LogP contribution < -0.4 is 0 Å². The van der Waals surface area contributed by atoms with E-state index in [1.165, 1.54) is 167 Å². The van der Waals surface area contributed by atoms with Gasteiger partial charge in [-0.2, -0.15) is 0 Å². The van der Waals surface area contributed by atoms with Gasteiger partial charge in [0.05, 0.1) is 0 Å². The van der Waals surface area contributed by atoms with Crippen LogP contribution in [0.15, 0.2) is 0 Å². The molecule has 0 aliphatic carbocycles. The highest BCUT2D eigenvalue weighted by atomic mass is 16.2. The summed E-state index contributed by atoms with van der Waals surface area (Å²) in [6, 6.07) is -0.511. The molecule has 0 N–H and O–H groups in total. The van der Waals surface area contributed by atoms with Crippen molar-refractivity contribution in [1.82, 2.24) is 4.90 Å². The Morgan fingerprint density at radius 3 is 0.791 bits per heavy atom. The zero-order valence-corrected chi connectivity index (χ0v) is 30.2. The maximum atomic E-state index is 13.0. The Morgan fingerprint density at radius 2 is 0.581 bits per heavy atom. The molecule has 0 heterocycles. The lowest BCUT2D eigenvalue weighted by atomic mass is 9.96. The molecule has 0 unspecified atom stereocenters. The van der Waals surface area contributed by atoms with Crippen LogP contribution in [-0.4, -0.2) is 36.1 Å². The maximum absolute atomic E-state index is 13.0. The molecule has 3 nitrogen and oxygen atoms in total. The first-order chi connectivity index (χ1) is 21.1. The highest BCUT2D eigenvalue weighted by Gasteiger charge is 2.28. The number of hydrogen-bond acceptors (Lipinski definition) is 3. The molecule has 0 aromatic heterocycles. The summed E-state index contributed by atoms with van der Waals surface area (Å²) in [4.78, 5) is 28.0. The molecule has 43 heavy (non-hydrogen) atoms. The molecule has 0 aromatic rings. The van der Waals surface area contributed by atoms with Gasteiger partial charge in [-0.25, -0.2) is 0 Å². The third-order valence-corrected chi connectivity index (χ3v) is 9.60. The normalized spacial score (nSPS) is 11.7. The Morgan fingerprint density at radius 1 is 0.372 bits per heavy atom. The largest absolute Gasteiger partial charge is 0.297 e. The number of Topliss-reactive ketones (excluding diaryl/α,β-unsaturated/α-hetero) is 2. The Balaban J connectivity index is 3.77. The van der Waals surface area contributed by atoms with Crippen molar-refractivity contribution in [2.75, 3.05) is 13.6 Å². The number of ketones is 2. The van der Waals surface area contributed by atoms with Crippen LogP contribution in [0.3, 0.4) is 0 Å². The van der Waals surface area contributed by atoms with E-state index in [2.05, 4.69) is 20.8 Å². The minimum Gasteiger partial charge on any atom is -0.297 e. The van der Waals surface area contributed by atoms with E-state index in [0.717, 1.165) is 32.2 Å². The highest BCUT2D eigenvalue weighted by Crippen LogP contribution is 2.17. The summed E-state index contributed by atoms with van der Waals surface area (Å²) in [6.07, 6.45) is 41.0. The van der Waals surface area contributed by atoms with Crippen molar-refractivity contribution in [2.45, 2.75) is 232 Å². The first kappa shape index (κ1) is 42.3. The Labute approximate surface area is 271 Å². The molecule has 0 rings (SSSR count). The van der Waals surface area contributed by atoms with Gasteiger partial charge in [0.15, 0.2) is 11.6 Å². The lowest BCUT2D eigenvalue weighted by molar-refractivity contribution is -0.134. The SMILES string of the molecule is CCCCCCCCCCCCCCCCCC(=O)C(C(=O)CCCCCCCCCCCCCCCCC)N(C)CC. The van der Waals surface area contributed by atoms with Crippen molar-refractivity contribution in [3.05, 3.63) is 0 Å². The van der Waals surface area contributed by atoms with Gasteiger partial charge in [-0.1, -0.05) is 201 Å². The molecular formula is C40H79NO2. The molecule has 0 aliphatic rings. The predicted octanol–water partition coefficient (Wildman–Crippen LogP) is 13.0. The lowest BCUT2D eigenvalue weighted by Crippen LogP contribution is -2.44. The number of hydrogen-bond donors (Lipinski definition) is 0. The summed E-state index contributed by atoms with van der Waals surface area (Å²) in [5.74, 6) is 0.315. The number of likely N-dealkylation sites (N-methyl/N-ethyl adjacent to an activating group) is 1. The van der Waals surface area contributed by atoms with Crippen molar-refractivity contribution in [3.8, 4) is 0 Å². The minimum absolute atomic E-state index is 0.157. The van der Waals surface area contributed by atoms with E-state index in [1.54, 1.807) is 0 Å². The fraction of sp³-hybridized carbons (Fsp3) is 0.950. The van der Waals surface area contributed by atoms with Gasteiger partial charge >= 0.3 is 0 Å². The van der Waals surface area contributed by atoms with Gasteiger partial charge in [0, 0.05) is 12.8 Å². The molecule has 0 bridgehead atoms. The second-order valence-corrected chi connectivity index (χ2v) is 13.8. The zero-order valence-electron chi connectivity index (χ0n) is 30.2. The number of carbonyl (C=O) groups excluding carboxylic acids is 2. The van der Waals surface area contributed by atoms with Gasteiger partial charge in [-0.05, 0) is 26.4 Å². The monoisotopic (exact) mass is 606 g/mol. The lowest BCUT2D eigenvalue weighted by Gasteiger charge is -2.24. The molecule has 256 valence electrons. The molecule has 0 amide bonds. The standard InChI is InChI=1S/C40H79NO2/c1-5-8-10-12-14-16-18-20-22-24-26-28-30-32-34-36-38(42)40(41(4)7-3)39(43)37-35-33-31-29-27-25-23-21-19-17-15-13-11-9-6-2/h40H,5-37H2,1-4H3. The highest BCUT2D eigenvalue weighted by molar-refractivity contribution is 6.06. The number of rotatable bonds is 36. The first-order valence-corrected chi connectivity index (χ1v) is 19.8. The van der Waals surface area contributed by atoms with Crippen LogP contribution in [0.25, 0.3) is 0 Å². The van der Waals surface area contributed by atoms with Gasteiger partial charge in [0.25, 0.3) is 0 Å². The average molecular weight is 606 g/mol. The van der Waals surface area contributed by atoms with Crippen LogP contribution in [0, 0.1) is 0 Å². The van der Waals surface area contributed by atoms with Gasteiger partial charge < -0.3 is 0 Å². The van der Waals surface area contributed by atoms with Crippen molar-refractivity contribution in [2.24, 2.45) is 0 Å². The second-order valence-electron chi connectivity index (χ2n) is 13.8. The Hall–Kier alpha value is -0.700. The van der Waals surface area contributed by atoms with Crippen LogP contribution in [0.5, 0.6) is 0 Å². The second kappa shape index (κ2) is 34.2. The predicted molar refractivity (Wildman–Crippen MR) is 191 cm³/mol. The van der Waals surface area contributed by atoms with E-state index in [4.69, 9.17) is 0 Å². The van der Waals surface area contributed by atoms with E-state index in [1.807, 2.05) is 11.9 Å². The maximum Gasteiger partial charge on any atom is 0.157 e. The molecule has 0 atom stereocenters. The molecule has 0 radical (unpaired) electrons. The summed E-state index contributed by atoms with van der Waals surface area (Å²) in [7, 11) is 1.94. The molecule has 0 aliphatic heterocycles. The summed E-state index contributed by atoms with van der Waals surface area (Å²) < 4.78 is 0. The van der Waals surface area contributed by atoms with Gasteiger partial charge in [0.2, 0.25) is 0 Å². The molecule has 0 saturated heterocycles. The van der Waals surface area contributed by atoms with E-state index < -0.39 is 6.04 Å². The summed E-state index contributed by atoms with van der Waals surface area (Å²) in [5.41, 5.74) is 0. The summed E-state index contributed by atoms with van der Waals surface area (Å²) in [6.45, 7) is 7.37. The van der Waals surface area contributed by atoms with Gasteiger partial charge in [0.1, 0.15) is 6.04 Å². The Kier molecular flexibility index (Phi) is 33.6. The molecule has 0 fully saturated rings. The van der Waals surface area contributed by atoms with E-state index in [-0.39, 0.29) is 11.6 Å². The quantitative estimate of drug-likeness (QED) is 0.0526. The third kappa shape index (κ3) is 28.5. The van der Waals surface area contributed by atoms with Gasteiger partial charge in [-0.15, -0.1) is 0 Å². The zero-order chi connectivity index (χ0) is 31.6. The smallest absolute Gasteiger partial charge is 0.157 e. The van der Waals surface area contributed by atoms with Crippen LogP contribution in [-0.2, 0) is 9.59 Å². The van der Waals surface area contributed by atoms with Crippen LogP contribution in [0.1, 0.15) is 226 Å². The van der Waals surface area contributed by atoms with Crippen molar-refractivity contribution in [3.63, 3.8) is 0 Å². The molecule has 0 spiro atoms. The van der Waals surface area contributed by atoms with Crippen LogP contribution in [0.4, 0.5) is 0 Å². The van der Waals surface area contributed by atoms with Crippen molar-refractivity contribution < 1.29 is 9.59 Å². The number of carbonyl (C=O) groups is 2. The number of unbranched alkanes of at least 4 members (excludes halogenated alkanes) is 28.